The normalized spacial score (nSPS) is 50.7. The predicted octanol–water partition coefficient (Wildman–Crippen LogP) is 2.64. The Morgan fingerprint density at radius 3 is 2.52 bits per heavy atom. The highest BCUT2D eigenvalue weighted by Crippen LogP contribution is 2.71. The fourth-order valence-corrected chi connectivity index (χ4v) is 7.76. The lowest BCUT2D eigenvalue weighted by Crippen LogP contribution is -2.68. The second-order valence-electron chi connectivity index (χ2n) is 10.3. The van der Waals surface area contributed by atoms with Crippen molar-refractivity contribution in [3.05, 3.63) is 12.2 Å². The van der Waals surface area contributed by atoms with E-state index >= 15 is 0 Å². The number of ether oxygens (including phenoxy) is 1. The van der Waals surface area contributed by atoms with Gasteiger partial charge in [0, 0.05) is 35.5 Å². The number of carbonyl (C=O) groups excluding carboxylic acids is 2. The van der Waals surface area contributed by atoms with Crippen LogP contribution in [0.1, 0.15) is 59.8 Å². The van der Waals surface area contributed by atoms with Crippen LogP contribution >= 0.6 is 0 Å². The molecule has 4 aliphatic carbocycles. The third-order valence-corrected chi connectivity index (χ3v) is 8.85. The lowest BCUT2D eigenvalue weighted by Gasteiger charge is -2.66. The molecule has 0 aromatic carbocycles. The minimum absolute atomic E-state index is 0.0570. The summed E-state index contributed by atoms with van der Waals surface area (Å²) in [5.74, 6) is -0.368. The summed E-state index contributed by atoms with van der Waals surface area (Å²) in [6.45, 7) is 11.7. The van der Waals surface area contributed by atoms with Crippen LogP contribution in [0, 0.1) is 34.0 Å². The van der Waals surface area contributed by atoms with E-state index in [9.17, 15) is 19.8 Å². The third kappa shape index (κ3) is 2.24. The van der Waals surface area contributed by atoms with Crippen LogP contribution < -0.4 is 0 Å². The van der Waals surface area contributed by atoms with Crippen LogP contribution in [0.15, 0.2) is 12.2 Å². The molecule has 5 nitrogen and oxygen atoms in total. The van der Waals surface area contributed by atoms with E-state index in [0.29, 0.717) is 24.8 Å². The molecule has 0 unspecified atom stereocenters. The van der Waals surface area contributed by atoms with E-state index in [1.807, 2.05) is 0 Å². The van der Waals surface area contributed by atoms with Gasteiger partial charge in [-0.25, -0.2) is 0 Å². The number of aliphatic hydroxyl groups is 2. The van der Waals surface area contributed by atoms with Gasteiger partial charge in [-0.2, -0.15) is 0 Å². The number of carbonyl (C=O) groups is 2. The minimum Gasteiger partial charge on any atom is -0.462 e. The van der Waals surface area contributed by atoms with Crippen LogP contribution in [0.3, 0.4) is 0 Å². The number of ketones is 1. The van der Waals surface area contributed by atoms with Crippen molar-refractivity contribution >= 4 is 11.8 Å². The molecule has 0 radical (unpaired) electrons. The lowest BCUT2D eigenvalue weighted by atomic mass is 9.39. The first kappa shape index (κ1) is 19.1. The van der Waals surface area contributed by atoms with Crippen molar-refractivity contribution in [2.75, 3.05) is 0 Å². The van der Waals surface area contributed by atoms with Gasteiger partial charge in [0.15, 0.2) is 5.78 Å². The summed E-state index contributed by atoms with van der Waals surface area (Å²) in [4.78, 5) is 24.8. The van der Waals surface area contributed by atoms with Crippen molar-refractivity contribution in [3.63, 3.8) is 0 Å². The largest absolute Gasteiger partial charge is 0.462 e. The molecule has 2 bridgehead atoms. The van der Waals surface area contributed by atoms with Crippen molar-refractivity contribution < 1.29 is 24.5 Å². The van der Waals surface area contributed by atoms with Crippen molar-refractivity contribution in [2.24, 2.45) is 34.0 Å². The third-order valence-electron chi connectivity index (χ3n) is 8.85. The number of Topliss-reactive ketones (excluding diaryl/α,β-unsaturated/α-hetero) is 1. The van der Waals surface area contributed by atoms with Crippen LogP contribution in [-0.2, 0) is 14.3 Å². The van der Waals surface area contributed by atoms with Crippen LogP contribution in [-0.4, -0.2) is 40.3 Å². The monoisotopic (exact) mass is 376 g/mol. The molecule has 8 atom stereocenters. The smallest absolute Gasteiger partial charge is 0.302 e. The fraction of sp³-hybridized carbons (Fsp3) is 0.818. The molecule has 5 heteroatoms. The van der Waals surface area contributed by atoms with Gasteiger partial charge in [0.2, 0.25) is 0 Å². The van der Waals surface area contributed by atoms with Gasteiger partial charge in [0.1, 0.15) is 6.10 Å². The number of allylic oxidation sites excluding steroid dienone is 1. The van der Waals surface area contributed by atoms with Gasteiger partial charge in [0.05, 0.1) is 12.2 Å². The van der Waals surface area contributed by atoms with E-state index in [0.717, 1.165) is 12.8 Å². The first-order chi connectivity index (χ1) is 12.5. The molecule has 0 aromatic heterocycles. The van der Waals surface area contributed by atoms with E-state index in [1.54, 1.807) is 0 Å². The number of esters is 1. The van der Waals surface area contributed by atoms with Crippen molar-refractivity contribution in [3.8, 4) is 0 Å². The van der Waals surface area contributed by atoms with Crippen LogP contribution in [0.25, 0.3) is 0 Å². The zero-order chi connectivity index (χ0) is 19.9. The summed E-state index contributed by atoms with van der Waals surface area (Å²) in [7, 11) is 0. The maximum atomic E-state index is 13.2. The van der Waals surface area contributed by atoms with Crippen molar-refractivity contribution in [1.82, 2.24) is 0 Å². The lowest BCUT2D eigenvalue weighted by molar-refractivity contribution is -0.250. The molecule has 0 saturated heterocycles. The molecular weight excluding hydrogens is 344 g/mol. The Kier molecular flexibility index (Phi) is 4.01. The Bertz CT molecular complexity index is 711. The summed E-state index contributed by atoms with van der Waals surface area (Å²) in [6, 6.07) is 0. The highest BCUT2D eigenvalue weighted by Gasteiger charge is 2.72. The molecule has 150 valence electrons. The molecule has 0 heterocycles. The molecule has 4 rings (SSSR count). The van der Waals surface area contributed by atoms with Gasteiger partial charge in [-0.15, -0.1) is 0 Å². The van der Waals surface area contributed by atoms with Gasteiger partial charge >= 0.3 is 5.97 Å². The summed E-state index contributed by atoms with van der Waals surface area (Å²) < 4.78 is 5.59. The topological polar surface area (TPSA) is 83.8 Å². The Morgan fingerprint density at radius 1 is 1.22 bits per heavy atom. The van der Waals surface area contributed by atoms with Crippen LogP contribution in [0.5, 0.6) is 0 Å². The van der Waals surface area contributed by atoms with E-state index in [4.69, 9.17) is 4.74 Å². The van der Waals surface area contributed by atoms with Crippen LogP contribution in [0.2, 0.25) is 0 Å². The highest BCUT2D eigenvalue weighted by molar-refractivity contribution is 6.03. The molecule has 0 aromatic rings. The van der Waals surface area contributed by atoms with E-state index in [2.05, 4.69) is 27.4 Å². The second kappa shape index (κ2) is 5.66. The first-order valence-electron chi connectivity index (χ1n) is 10.2. The maximum Gasteiger partial charge on any atom is 0.302 e. The fourth-order valence-electron chi connectivity index (χ4n) is 7.76. The number of hydrogen-bond donors (Lipinski definition) is 2. The molecule has 1 spiro atoms. The van der Waals surface area contributed by atoms with Gasteiger partial charge in [-0.3, -0.25) is 9.59 Å². The molecule has 4 saturated carbocycles. The minimum atomic E-state index is -0.727. The standard InChI is InChI=1S/C22H32O5/c1-11-13-8-14(24)18-21(5)15(6-7-22(18,10-13)19(11)26)20(3,4)17(9-16(21)25)27-12(2)23/h13-18,24-25H,1,6-10H2,2-5H3/t13-,14+,15-,16+,17+,18+,21+,22-/m1/s1. The first-order valence-corrected chi connectivity index (χ1v) is 10.2. The Hall–Kier alpha value is -1.20. The van der Waals surface area contributed by atoms with Crippen molar-refractivity contribution in [1.29, 1.82) is 0 Å². The quantitative estimate of drug-likeness (QED) is 0.543. The summed E-state index contributed by atoms with van der Waals surface area (Å²) in [5.41, 5.74) is -0.851. The number of fused-ring (bicyclic) bond motifs is 3. The SMILES string of the molecule is C=C1C(=O)[C@@]23CC[C@@H]4C(C)(C)[C@@H](OC(C)=O)C[C@H](O)[C@@]4(C)[C@@H]2[C@@H](O)C[C@@H]1C3. The summed E-state index contributed by atoms with van der Waals surface area (Å²) in [5, 5.41) is 22.4. The molecule has 0 amide bonds. The van der Waals surface area contributed by atoms with Gasteiger partial charge in [0.25, 0.3) is 0 Å². The number of hydrogen-bond acceptors (Lipinski definition) is 5. The zero-order valence-corrected chi connectivity index (χ0v) is 16.8. The van der Waals surface area contributed by atoms with Gasteiger partial charge in [-0.05, 0) is 43.1 Å². The zero-order valence-electron chi connectivity index (χ0n) is 16.8. The van der Waals surface area contributed by atoms with E-state index in [1.165, 1.54) is 6.92 Å². The van der Waals surface area contributed by atoms with Crippen LogP contribution in [0.4, 0.5) is 0 Å². The summed E-state index contributed by atoms with van der Waals surface area (Å²) >= 11 is 0. The highest BCUT2D eigenvalue weighted by atomic mass is 16.5. The van der Waals surface area contributed by atoms with Crippen molar-refractivity contribution in [2.45, 2.75) is 78.1 Å². The average Bonchev–Trinajstić information content (AvgIpc) is 2.74. The van der Waals surface area contributed by atoms with E-state index in [-0.39, 0.29) is 41.0 Å². The Labute approximate surface area is 161 Å². The van der Waals surface area contributed by atoms with Gasteiger partial charge in [-0.1, -0.05) is 27.4 Å². The maximum absolute atomic E-state index is 13.2. The van der Waals surface area contributed by atoms with Gasteiger partial charge < -0.3 is 14.9 Å². The predicted molar refractivity (Wildman–Crippen MR) is 99.6 cm³/mol. The molecule has 2 N–H and O–H groups in total. The molecule has 0 aliphatic heterocycles. The summed E-state index contributed by atoms with van der Waals surface area (Å²) in [6.07, 6.45) is 1.46. The Morgan fingerprint density at radius 2 is 1.89 bits per heavy atom. The number of rotatable bonds is 1. The number of aliphatic hydroxyl groups excluding tert-OH is 2. The Balaban J connectivity index is 1.80. The molecular formula is C22H32O5. The average molecular weight is 376 g/mol. The van der Waals surface area contributed by atoms with E-state index < -0.39 is 23.0 Å². The second-order valence-corrected chi connectivity index (χ2v) is 10.3. The molecule has 4 aliphatic rings. The molecule has 4 fully saturated rings. The molecule has 27 heavy (non-hydrogen) atoms.